The fraction of sp³-hybridized carbons (Fsp3) is 0.368. The molecule has 0 radical (unpaired) electrons. The number of aromatic amines is 1. The molecule has 4 aromatic rings. The number of rotatable bonds is 13. The molecular weight excluding hydrogens is 606 g/mol. The van der Waals surface area contributed by atoms with Gasteiger partial charge in [-0.25, -0.2) is 9.78 Å². The number of hydrogen-bond donors (Lipinski definition) is 4. The highest BCUT2D eigenvalue weighted by Crippen LogP contribution is 2.30. The number of hydrogen-bond acceptors (Lipinski definition) is 6. The van der Waals surface area contributed by atoms with Crippen LogP contribution in [0, 0.1) is 13.8 Å². The Kier molecular flexibility index (Phi) is 11.4. The summed E-state index contributed by atoms with van der Waals surface area (Å²) in [5.74, 6) is -0.697. The van der Waals surface area contributed by atoms with Crippen LogP contribution in [0.15, 0.2) is 79.0 Å². The molecule has 0 fully saturated rings. The molecular formula is C38H47N5O5. The van der Waals surface area contributed by atoms with E-state index in [1.807, 2.05) is 88.4 Å². The second kappa shape index (κ2) is 15.3. The van der Waals surface area contributed by atoms with Crippen molar-refractivity contribution in [3.8, 4) is 11.3 Å². The van der Waals surface area contributed by atoms with Crippen molar-refractivity contribution in [3.05, 3.63) is 113 Å². The first kappa shape index (κ1) is 35.9. The van der Waals surface area contributed by atoms with Gasteiger partial charge < -0.3 is 30.8 Å². The number of nitrogens with one attached hydrogen (secondary N) is 3. The van der Waals surface area contributed by atoms with E-state index in [-0.39, 0.29) is 13.0 Å². The molecule has 1 heterocycles. The molecule has 0 saturated heterocycles. The minimum Gasteiger partial charge on any atom is -0.444 e. The second-order valence-electron chi connectivity index (χ2n) is 13.7. The number of amides is 3. The quantitative estimate of drug-likeness (QED) is 0.137. The lowest BCUT2D eigenvalue weighted by Gasteiger charge is -2.35. The lowest BCUT2D eigenvalue weighted by Crippen LogP contribution is -2.57. The van der Waals surface area contributed by atoms with Crippen LogP contribution in [-0.4, -0.2) is 51.7 Å². The Balaban J connectivity index is 1.63. The molecule has 3 amide bonds. The van der Waals surface area contributed by atoms with Crippen LogP contribution in [0.2, 0.25) is 0 Å². The van der Waals surface area contributed by atoms with Gasteiger partial charge in [0.2, 0.25) is 11.8 Å². The Hall–Kier alpha value is -4.96. The maximum Gasteiger partial charge on any atom is 0.408 e. The number of aryl methyl sites for hydroxylation is 2. The standard InChI is InChI=1S/C38H47N5O5/c1-24-18-28(33(39)44)19-25(2)29(24)20-31(42-36(46)48-37(3,4)5)35(45)43-38(6,7)30(23-47-22-26-14-10-8-11-15-26)34-40-21-32(41-34)27-16-12-9-13-17-27/h8-19,21,30-31H,20,22-23H2,1-7H3,(H2,39,44)(H,40,41)(H,42,46)(H,43,45). The smallest absolute Gasteiger partial charge is 0.408 e. The molecule has 0 spiro atoms. The van der Waals surface area contributed by atoms with Gasteiger partial charge in [0.15, 0.2) is 0 Å². The Morgan fingerprint density at radius 3 is 2.10 bits per heavy atom. The molecule has 0 aliphatic rings. The maximum atomic E-state index is 14.2. The molecule has 1 aromatic heterocycles. The molecule has 0 aliphatic carbocycles. The molecule has 3 aromatic carbocycles. The zero-order valence-electron chi connectivity index (χ0n) is 28.8. The number of aromatic nitrogens is 2. The third-order valence-electron chi connectivity index (χ3n) is 8.12. The van der Waals surface area contributed by atoms with Crippen LogP contribution in [-0.2, 0) is 27.3 Å². The summed E-state index contributed by atoms with van der Waals surface area (Å²) >= 11 is 0. The van der Waals surface area contributed by atoms with E-state index in [0.717, 1.165) is 33.5 Å². The Bertz CT molecular complexity index is 1690. The summed E-state index contributed by atoms with van der Waals surface area (Å²) < 4.78 is 11.7. The van der Waals surface area contributed by atoms with E-state index in [1.165, 1.54) is 0 Å². The Labute approximate surface area is 282 Å². The van der Waals surface area contributed by atoms with Crippen molar-refractivity contribution in [1.29, 1.82) is 0 Å². The van der Waals surface area contributed by atoms with Gasteiger partial charge in [-0.05, 0) is 88.4 Å². The van der Waals surface area contributed by atoms with Gasteiger partial charge in [-0.15, -0.1) is 0 Å². The van der Waals surface area contributed by atoms with Crippen LogP contribution in [0.5, 0.6) is 0 Å². The van der Waals surface area contributed by atoms with Crippen molar-refractivity contribution in [2.45, 2.75) is 84.6 Å². The van der Waals surface area contributed by atoms with Crippen LogP contribution in [0.4, 0.5) is 4.79 Å². The number of nitrogens with zero attached hydrogens (tertiary/aromatic N) is 1. The summed E-state index contributed by atoms with van der Waals surface area (Å²) in [4.78, 5) is 47.2. The van der Waals surface area contributed by atoms with Crippen LogP contribution < -0.4 is 16.4 Å². The molecule has 254 valence electrons. The molecule has 0 saturated carbocycles. The van der Waals surface area contributed by atoms with Crippen molar-refractivity contribution < 1.29 is 23.9 Å². The molecule has 48 heavy (non-hydrogen) atoms. The first-order valence-corrected chi connectivity index (χ1v) is 16.1. The van der Waals surface area contributed by atoms with Gasteiger partial charge in [0.05, 0.1) is 31.0 Å². The van der Waals surface area contributed by atoms with E-state index in [1.54, 1.807) is 39.1 Å². The number of ether oxygens (including phenoxy) is 2. The topological polar surface area (TPSA) is 148 Å². The lowest BCUT2D eigenvalue weighted by atomic mass is 9.86. The van der Waals surface area contributed by atoms with Crippen molar-refractivity contribution >= 4 is 17.9 Å². The third-order valence-corrected chi connectivity index (χ3v) is 8.12. The Morgan fingerprint density at radius 2 is 1.52 bits per heavy atom. The zero-order valence-corrected chi connectivity index (χ0v) is 28.8. The minimum atomic E-state index is -1.00. The first-order chi connectivity index (χ1) is 22.6. The van der Waals surface area contributed by atoms with Crippen molar-refractivity contribution in [1.82, 2.24) is 20.6 Å². The van der Waals surface area contributed by atoms with Crippen molar-refractivity contribution in [3.63, 3.8) is 0 Å². The highest BCUT2D eigenvalue weighted by Gasteiger charge is 2.37. The van der Waals surface area contributed by atoms with Crippen LogP contribution >= 0.6 is 0 Å². The van der Waals surface area contributed by atoms with Crippen molar-refractivity contribution in [2.75, 3.05) is 6.61 Å². The van der Waals surface area contributed by atoms with E-state index in [9.17, 15) is 14.4 Å². The number of benzene rings is 3. The first-order valence-electron chi connectivity index (χ1n) is 16.1. The second-order valence-corrected chi connectivity index (χ2v) is 13.7. The van der Waals surface area contributed by atoms with Gasteiger partial charge in [-0.1, -0.05) is 60.7 Å². The average Bonchev–Trinajstić information content (AvgIpc) is 3.50. The monoisotopic (exact) mass is 653 g/mol. The summed E-state index contributed by atoms with van der Waals surface area (Å²) in [6.07, 6.45) is 1.22. The van der Waals surface area contributed by atoms with E-state index in [0.29, 0.717) is 18.0 Å². The average molecular weight is 654 g/mol. The summed E-state index contributed by atoms with van der Waals surface area (Å²) in [6.45, 7) is 13.4. The molecule has 2 unspecified atom stereocenters. The van der Waals surface area contributed by atoms with E-state index >= 15 is 0 Å². The van der Waals surface area contributed by atoms with E-state index in [2.05, 4.69) is 15.6 Å². The van der Waals surface area contributed by atoms with Gasteiger partial charge in [0.1, 0.15) is 17.5 Å². The molecule has 0 bridgehead atoms. The fourth-order valence-electron chi connectivity index (χ4n) is 5.59. The molecule has 10 nitrogen and oxygen atoms in total. The summed E-state index contributed by atoms with van der Waals surface area (Å²) in [7, 11) is 0. The zero-order chi connectivity index (χ0) is 35.1. The minimum absolute atomic E-state index is 0.159. The number of alkyl carbamates (subject to hydrolysis) is 1. The Morgan fingerprint density at radius 1 is 0.917 bits per heavy atom. The lowest BCUT2D eigenvalue weighted by molar-refractivity contribution is -0.125. The molecule has 2 atom stereocenters. The number of primary amides is 1. The molecule has 5 N–H and O–H groups in total. The molecule has 10 heteroatoms. The maximum absolute atomic E-state index is 14.2. The summed E-state index contributed by atoms with van der Waals surface area (Å²) in [5.41, 5.74) is 9.47. The van der Waals surface area contributed by atoms with Gasteiger partial charge >= 0.3 is 6.09 Å². The highest BCUT2D eigenvalue weighted by atomic mass is 16.6. The largest absolute Gasteiger partial charge is 0.444 e. The van der Waals surface area contributed by atoms with Gasteiger partial charge in [-0.3, -0.25) is 9.59 Å². The molecule has 4 rings (SSSR count). The van der Waals surface area contributed by atoms with Crippen LogP contribution in [0.1, 0.15) is 79.0 Å². The number of H-pyrrole nitrogens is 1. The number of imidazole rings is 1. The SMILES string of the molecule is Cc1cc(C(N)=O)cc(C)c1CC(NC(=O)OC(C)(C)C)C(=O)NC(C)(C)C(COCc1ccccc1)c1ncc(-c2ccccc2)[nH]1. The normalized spacial score (nSPS) is 13.0. The summed E-state index contributed by atoms with van der Waals surface area (Å²) in [6, 6.07) is 22.1. The number of carbonyl (C=O) groups excluding carboxylic acids is 3. The van der Waals surface area contributed by atoms with Gasteiger partial charge in [-0.2, -0.15) is 0 Å². The number of nitrogens with two attached hydrogens (primary N) is 1. The van der Waals surface area contributed by atoms with Gasteiger partial charge in [0.25, 0.3) is 0 Å². The molecule has 0 aliphatic heterocycles. The highest BCUT2D eigenvalue weighted by molar-refractivity contribution is 5.93. The summed E-state index contributed by atoms with van der Waals surface area (Å²) in [5, 5.41) is 5.97. The van der Waals surface area contributed by atoms with Gasteiger partial charge in [0, 0.05) is 17.5 Å². The number of carbonyl (C=O) groups is 3. The van der Waals surface area contributed by atoms with Crippen molar-refractivity contribution in [2.24, 2.45) is 5.73 Å². The predicted molar refractivity (Wildman–Crippen MR) is 186 cm³/mol. The van der Waals surface area contributed by atoms with Crippen LogP contribution in [0.3, 0.4) is 0 Å². The van der Waals surface area contributed by atoms with E-state index in [4.69, 9.17) is 20.2 Å². The predicted octanol–water partition coefficient (Wildman–Crippen LogP) is 6.12. The fourth-order valence-corrected chi connectivity index (χ4v) is 5.59. The third kappa shape index (κ3) is 9.78. The van der Waals surface area contributed by atoms with Crippen LogP contribution in [0.25, 0.3) is 11.3 Å². The van der Waals surface area contributed by atoms with E-state index < -0.39 is 41.0 Å².